The smallest absolute Gasteiger partial charge is 0.293 e. The van der Waals surface area contributed by atoms with Crippen LogP contribution in [0.2, 0.25) is 5.02 Å². The lowest BCUT2D eigenvalue weighted by atomic mass is 10.2. The maximum Gasteiger partial charge on any atom is 0.293 e. The van der Waals surface area contributed by atoms with Gasteiger partial charge in [0, 0.05) is 21.5 Å². The molecule has 0 unspecified atom stereocenters. The summed E-state index contributed by atoms with van der Waals surface area (Å²) in [4.78, 5) is 16.9. The van der Waals surface area contributed by atoms with Crippen molar-refractivity contribution in [1.29, 1.82) is 0 Å². The van der Waals surface area contributed by atoms with Crippen LogP contribution in [0.1, 0.15) is 10.6 Å². The molecule has 1 amide bonds. The summed E-state index contributed by atoms with van der Waals surface area (Å²) < 4.78 is 5.66. The van der Waals surface area contributed by atoms with Gasteiger partial charge >= 0.3 is 0 Å². The molecule has 2 aromatic heterocycles. The van der Waals surface area contributed by atoms with Crippen LogP contribution in [0.15, 0.2) is 76.5 Å². The maximum atomic E-state index is 12.4. The first-order chi connectivity index (χ1) is 12.7. The third-order valence-electron chi connectivity index (χ3n) is 3.75. The highest BCUT2D eigenvalue weighted by Crippen LogP contribution is 2.27. The molecule has 128 valence electrons. The second-order valence-electron chi connectivity index (χ2n) is 5.53. The molecule has 6 heteroatoms. The van der Waals surface area contributed by atoms with Crippen LogP contribution in [-0.4, -0.2) is 10.9 Å². The Labute approximate surface area is 159 Å². The zero-order valence-electron chi connectivity index (χ0n) is 13.5. The normalized spacial score (nSPS) is 10.7. The minimum absolute atomic E-state index is 0.228. The summed E-state index contributed by atoms with van der Waals surface area (Å²) in [6.07, 6.45) is 0. The average Bonchev–Trinajstić information content (AvgIpc) is 3.33. The van der Waals surface area contributed by atoms with Crippen LogP contribution in [0.4, 0.5) is 5.13 Å². The topological polar surface area (TPSA) is 55.1 Å². The summed E-state index contributed by atoms with van der Waals surface area (Å²) in [6, 6.07) is 20.5. The zero-order chi connectivity index (χ0) is 17.9. The Bertz CT molecular complexity index is 1040. The van der Waals surface area contributed by atoms with Crippen LogP contribution in [0, 0.1) is 0 Å². The number of aromatic nitrogens is 1. The molecule has 0 aliphatic rings. The van der Waals surface area contributed by atoms with E-state index in [9.17, 15) is 4.79 Å². The molecule has 2 heterocycles. The van der Waals surface area contributed by atoms with Gasteiger partial charge in [0.1, 0.15) is 5.76 Å². The fraction of sp³-hybridized carbons (Fsp3) is 0. The van der Waals surface area contributed by atoms with E-state index in [1.54, 1.807) is 24.3 Å². The van der Waals surface area contributed by atoms with Gasteiger partial charge in [-0.25, -0.2) is 4.98 Å². The minimum atomic E-state index is -0.334. The molecular weight excluding hydrogens is 368 g/mol. The molecule has 4 aromatic rings. The van der Waals surface area contributed by atoms with E-state index < -0.39 is 0 Å². The first-order valence-electron chi connectivity index (χ1n) is 7.87. The Morgan fingerprint density at radius 2 is 1.73 bits per heavy atom. The third-order valence-corrected chi connectivity index (χ3v) is 4.76. The molecule has 0 fully saturated rings. The largest absolute Gasteiger partial charge is 0.451 e. The number of rotatable bonds is 4. The number of hydrogen-bond donors (Lipinski definition) is 1. The lowest BCUT2D eigenvalue weighted by molar-refractivity contribution is 0.0997. The van der Waals surface area contributed by atoms with Crippen molar-refractivity contribution in [2.24, 2.45) is 0 Å². The van der Waals surface area contributed by atoms with Crippen LogP contribution < -0.4 is 5.32 Å². The Kier molecular flexibility index (Phi) is 4.56. The zero-order valence-corrected chi connectivity index (χ0v) is 15.1. The summed E-state index contributed by atoms with van der Waals surface area (Å²) in [5.74, 6) is 0.501. The number of carbonyl (C=O) groups excluding carboxylic acids is 1. The first-order valence-corrected chi connectivity index (χ1v) is 9.13. The molecule has 26 heavy (non-hydrogen) atoms. The molecule has 0 bridgehead atoms. The highest BCUT2D eigenvalue weighted by Gasteiger charge is 2.14. The first kappa shape index (κ1) is 16.6. The lowest BCUT2D eigenvalue weighted by Gasteiger charge is -1.99. The van der Waals surface area contributed by atoms with Crippen molar-refractivity contribution in [1.82, 2.24) is 4.98 Å². The fourth-order valence-corrected chi connectivity index (χ4v) is 3.30. The van der Waals surface area contributed by atoms with Gasteiger partial charge in [-0.1, -0.05) is 41.9 Å². The van der Waals surface area contributed by atoms with Gasteiger partial charge in [0.25, 0.3) is 5.91 Å². The predicted molar refractivity (Wildman–Crippen MR) is 105 cm³/mol. The molecule has 4 nitrogen and oxygen atoms in total. The number of furan rings is 1. The van der Waals surface area contributed by atoms with Crippen LogP contribution >= 0.6 is 22.9 Å². The highest BCUT2D eigenvalue weighted by atomic mass is 35.5. The van der Waals surface area contributed by atoms with Crippen molar-refractivity contribution in [2.75, 3.05) is 5.32 Å². The van der Waals surface area contributed by atoms with Crippen molar-refractivity contribution in [3.05, 3.63) is 82.9 Å². The fourth-order valence-electron chi connectivity index (χ4n) is 2.46. The van der Waals surface area contributed by atoms with Crippen LogP contribution in [0.25, 0.3) is 22.6 Å². The molecular formula is C20H13ClN2O2S. The van der Waals surface area contributed by atoms with Gasteiger partial charge < -0.3 is 4.42 Å². The number of carbonyl (C=O) groups is 1. The van der Waals surface area contributed by atoms with E-state index in [4.69, 9.17) is 16.0 Å². The molecule has 0 radical (unpaired) electrons. The standard InChI is InChI=1S/C20H13ClN2O2S/c21-15-8-6-14(7-9-15)17-10-11-18(25-17)19(24)23-20-22-16(12-26-20)13-4-2-1-3-5-13/h1-12H,(H,22,23,24). The van der Waals surface area contributed by atoms with Crippen LogP contribution in [0.3, 0.4) is 0 Å². The van der Waals surface area contributed by atoms with Gasteiger partial charge in [-0.3, -0.25) is 10.1 Å². The molecule has 0 saturated carbocycles. The van der Waals surface area contributed by atoms with E-state index in [0.717, 1.165) is 16.8 Å². The van der Waals surface area contributed by atoms with Crippen molar-refractivity contribution < 1.29 is 9.21 Å². The van der Waals surface area contributed by atoms with Gasteiger partial charge in [0.15, 0.2) is 10.9 Å². The van der Waals surface area contributed by atoms with E-state index >= 15 is 0 Å². The Hall–Kier alpha value is -2.89. The maximum absolute atomic E-state index is 12.4. The number of thiazole rings is 1. The molecule has 1 N–H and O–H groups in total. The summed E-state index contributed by atoms with van der Waals surface area (Å²) in [7, 11) is 0. The number of anilines is 1. The second kappa shape index (κ2) is 7.15. The molecule has 0 saturated heterocycles. The molecule has 0 aliphatic heterocycles. The van der Waals surface area contributed by atoms with Crippen molar-refractivity contribution in [3.8, 4) is 22.6 Å². The molecule has 2 aromatic carbocycles. The van der Waals surface area contributed by atoms with Crippen molar-refractivity contribution >= 4 is 34.0 Å². The highest BCUT2D eigenvalue weighted by molar-refractivity contribution is 7.14. The van der Waals surface area contributed by atoms with E-state index in [1.807, 2.05) is 47.8 Å². The average molecular weight is 381 g/mol. The van der Waals surface area contributed by atoms with Crippen molar-refractivity contribution in [2.45, 2.75) is 0 Å². The van der Waals surface area contributed by atoms with E-state index in [2.05, 4.69) is 10.3 Å². The van der Waals surface area contributed by atoms with Crippen molar-refractivity contribution in [3.63, 3.8) is 0 Å². The number of halogens is 1. The molecule has 4 rings (SSSR count). The monoisotopic (exact) mass is 380 g/mol. The SMILES string of the molecule is O=C(Nc1nc(-c2ccccc2)cs1)c1ccc(-c2ccc(Cl)cc2)o1. The summed E-state index contributed by atoms with van der Waals surface area (Å²) in [5.41, 5.74) is 2.69. The molecule has 0 aliphatic carbocycles. The van der Waals surface area contributed by atoms with E-state index in [-0.39, 0.29) is 11.7 Å². The number of benzene rings is 2. The van der Waals surface area contributed by atoms with Gasteiger partial charge in [-0.15, -0.1) is 11.3 Å². The second-order valence-corrected chi connectivity index (χ2v) is 6.82. The Morgan fingerprint density at radius 1 is 0.962 bits per heavy atom. The number of nitrogens with zero attached hydrogens (tertiary/aromatic N) is 1. The lowest BCUT2D eigenvalue weighted by Crippen LogP contribution is -2.10. The van der Waals surface area contributed by atoms with Gasteiger partial charge in [0.2, 0.25) is 0 Å². The summed E-state index contributed by atoms with van der Waals surface area (Å²) in [6.45, 7) is 0. The quantitative estimate of drug-likeness (QED) is 0.474. The van der Waals surface area contributed by atoms with E-state index in [0.29, 0.717) is 15.9 Å². The van der Waals surface area contributed by atoms with E-state index in [1.165, 1.54) is 11.3 Å². The molecule has 0 spiro atoms. The third kappa shape index (κ3) is 3.54. The minimum Gasteiger partial charge on any atom is -0.451 e. The van der Waals surface area contributed by atoms with Crippen LogP contribution in [0.5, 0.6) is 0 Å². The van der Waals surface area contributed by atoms with Gasteiger partial charge in [-0.2, -0.15) is 0 Å². The Morgan fingerprint density at radius 3 is 2.50 bits per heavy atom. The molecule has 0 atom stereocenters. The van der Waals surface area contributed by atoms with Gasteiger partial charge in [0.05, 0.1) is 5.69 Å². The number of nitrogens with one attached hydrogen (secondary N) is 1. The number of hydrogen-bond acceptors (Lipinski definition) is 4. The van der Waals surface area contributed by atoms with Crippen LogP contribution in [-0.2, 0) is 0 Å². The Balaban J connectivity index is 1.49. The number of amides is 1. The van der Waals surface area contributed by atoms with Gasteiger partial charge in [-0.05, 0) is 36.4 Å². The predicted octanol–water partition coefficient (Wildman–Crippen LogP) is 5.98. The summed E-state index contributed by atoms with van der Waals surface area (Å²) in [5, 5.41) is 5.86. The summed E-state index contributed by atoms with van der Waals surface area (Å²) >= 11 is 7.26.